The van der Waals surface area contributed by atoms with Gasteiger partial charge in [-0.1, -0.05) is 6.92 Å². The molecule has 0 spiro atoms. The second kappa shape index (κ2) is 6.35. The average Bonchev–Trinajstić information content (AvgIpc) is 2.28. The molecule has 1 aromatic carbocycles. The van der Waals surface area contributed by atoms with E-state index in [1.165, 1.54) is 12.0 Å². The van der Waals surface area contributed by atoms with Crippen molar-refractivity contribution in [2.45, 2.75) is 11.8 Å². The van der Waals surface area contributed by atoms with E-state index in [-0.39, 0.29) is 12.5 Å². The number of thioether (sulfide) groups is 1. The number of carbonyl (C=O) groups excluding carboxylic acids is 1. The highest BCUT2D eigenvalue weighted by Gasteiger charge is 1.99. The molecule has 1 rings (SSSR count). The molecular formula is C11H15NO2S. The summed E-state index contributed by atoms with van der Waals surface area (Å²) in [5.41, 5.74) is 0.931. The number of carbonyl (C=O) groups is 1. The first-order valence-corrected chi connectivity index (χ1v) is 5.78. The first-order valence-electron chi connectivity index (χ1n) is 4.79. The third-order valence-electron chi connectivity index (χ3n) is 1.83. The van der Waals surface area contributed by atoms with Crippen molar-refractivity contribution in [3.63, 3.8) is 0 Å². The summed E-state index contributed by atoms with van der Waals surface area (Å²) in [7, 11) is 1.38. The largest absolute Gasteiger partial charge is 0.468 e. The van der Waals surface area contributed by atoms with Crippen molar-refractivity contribution in [2.75, 3.05) is 24.7 Å². The number of hydrogen-bond donors (Lipinski definition) is 1. The first-order chi connectivity index (χ1) is 7.26. The lowest BCUT2D eigenvalue weighted by Gasteiger charge is -2.05. The predicted octanol–water partition coefficient (Wildman–Crippen LogP) is 2.38. The topological polar surface area (TPSA) is 38.3 Å². The van der Waals surface area contributed by atoms with Crippen LogP contribution >= 0.6 is 11.8 Å². The quantitative estimate of drug-likeness (QED) is 0.617. The van der Waals surface area contributed by atoms with Crippen molar-refractivity contribution in [2.24, 2.45) is 0 Å². The van der Waals surface area contributed by atoms with E-state index in [9.17, 15) is 4.79 Å². The lowest BCUT2D eigenvalue weighted by atomic mass is 10.3. The number of anilines is 1. The molecule has 0 aliphatic rings. The van der Waals surface area contributed by atoms with Crippen molar-refractivity contribution in [1.82, 2.24) is 0 Å². The zero-order valence-electron chi connectivity index (χ0n) is 8.95. The molecule has 15 heavy (non-hydrogen) atoms. The molecule has 0 atom stereocenters. The molecule has 0 aliphatic carbocycles. The maximum absolute atomic E-state index is 10.9. The Balaban J connectivity index is 2.45. The summed E-state index contributed by atoms with van der Waals surface area (Å²) in [6.07, 6.45) is 0. The lowest BCUT2D eigenvalue weighted by Crippen LogP contribution is -2.14. The van der Waals surface area contributed by atoms with Crippen LogP contribution in [0.1, 0.15) is 6.92 Å². The number of methoxy groups -OCH3 is 1. The molecule has 0 aromatic heterocycles. The summed E-state index contributed by atoms with van der Waals surface area (Å²) in [6.45, 7) is 2.32. The molecule has 4 heteroatoms. The second-order valence-corrected chi connectivity index (χ2v) is 4.22. The van der Waals surface area contributed by atoms with Gasteiger partial charge in [0.25, 0.3) is 0 Å². The zero-order chi connectivity index (χ0) is 11.1. The Morgan fingerprint density at radius 1 is 1.40 bits per heavy atom. The van der Waals surface area contributed by atoms with Gasteiger partial charge >= 0.3 is 5.97 Å². The molecule has 1 N–H and O–H groups in total. The van der Waals surface area contributed by atoms with Crippen LogP contribution in [0.15, 0.2) is 29.2 Å². The SMILES string of the molecule is CCSc1ccc(NCC(=O)OC)cc1. The number of hydrogen-bond acceptors (Lipinski definition) is 4. The minimum absolute atomic E-state index is 0.205. The highest BCUT2D eigenvalue weighted by molar-refractivity contribution is 7.99. The number of esters is 1. The smallest absolute Gasteiger partial charge is 0.325 e. The molecule has 0 amide bonds. The highest BCUT2D eigenvalue weighted by atomic mass is 32.2. The Kier molecular flexibility index (Phi) is 5.04. The van der Waals surface area contributed by atoms with Crippen LogP contribution in [0.2, 0.25) is 0 Å². The van der Waals surface area contributed by atoms with Crippen LogP contribution in [0.25, 0.3) is 0 Å². The van der Waals surface area contributed by atoms with E-state index in [0.717, 1.165) is 11.4 Å². The Morgan fingerprint density at radius 3 is 2.60 bits per heavy atom. The van der Waals surface area contributed by atoms with Crippen molar-refractivity contribution >= 4 is 23.4 Å². The van der Waals surface area contributed by atoms with Crippen molar-refractivity contribution < 1.29 is 9.53 Å². The van der Waals surface area contributed by atoms with Gasteiger partial charge in [-0.25, -0.2) is 0 Å². The third kappa shape index (κ3) is 4.25. The van der Waals surface area contributed by atoms with Gasteiger partial charge in [0.05, 0.1) is 7.11 Å². The lowest BCUT2D eigenvalue weighted by molar-refractivity contribution is -0.138. The Morgan fingerprint density at radius 2 is 2.07 bits per heavy atom. The van der Waals surface area contributed by atoms with Crippen LogP contribution in [0.4, 0.5) is 5.69 Å². The van der Waals surface area contributed by atoms with Crippen LogP contribution < -0.4 is 5.32 Å². The fourth-order valence-corrected chi connectivity index (χ4v) is 1.74. The summed E-state index contributed by atoms with van der Waals surface area (Å²) in [5, 5.41) is 2.98. The van der Waals surface area contributed by atoms with E-state index in [4.69, 9.17) is 0 Å². The van der Waals surface area contributed by atoms with Gasteiger partial charge in [0, 0.05) is 10.6 Å². The van der Waals surface area contributed by atoms with Gasteiger partial charge in [-0.15, -0.1) is 11.8 Å². The van der Waals surface area contributed by atoms with Crippen LogP contribution in [-0.2, 0) is 9.53 Å². The molecule has 0 bridgehead atoms. The fraction of sp³-hybridized carbons (Fsp3) is 0.364. The Hall–Kier alpha value is -1.16. The molecule has 0 aliphatic heterocycles. The van der Waals surface area contributed by atoms with Crippen molar-refractivity contribution in [3.8, 4) is 0 Å². The van der Waals surface area contributed by atoms with Crippen molar-refractivity contribution in [3.05, 3.63) is 24.3 Å². The molecule has 1 aromatic rings. The normalized spacial score (nSPS) is 9.73. The molecular weight excluding hydrogens is 210 g/mol. The van der Waals surface area contributed by atoms with Crippen LogP contribution in [0.3, 0.4) is 0 Å². The molecule has 82 valence electrons. The Labute approximate surface area is 94.2 Å². The summed E-state index contributed by atoms with van der Waals surface area (Å²) >= 11 is 1.79. The van der Waals surface area contributed by atoms with E-state index in [1.54, 1.807) is 11.8 Å². The van der Waals surface area contributed by atoms with Crippen LogP contribution in [-0.4, -0.2) is 25.4 Å². The summed E-state index contributed by atoms with van der Waals surface area (Å²) in [6, 6.07) is 7.99. The van der Waals surface area contributed by atoms with E-state index >= 15 is 0 Å². The zero-order valence-corrected chi connectivity index (χ0v) is 9.76. The minimum atomic E-state index is -0.262. The molecule has 0 saturated carbocycles. The second-order valence-electron chi connectivity index (χ2n) is 2.89. The van der Waals surface area contributed by atoms with Gasteiger partial charge in [-0.2, -0.15) is 0 Å². The van der Waals surface area contributed by atoms with Crippen molar-refractivity contribution in [1.29, 1.82) is 0 Å². The van der Waals surface area contributed by atoms with Gasteiger partial charge in [0.15, 0.2) is 0 Å². The van der Waals surface area contributed by atoms with Gasteiger partial charge in [0.1, 0.15) is 6.54 Å². The molecule has 0 radical (unpaired) electrons. The van der Waals surface area contributed by atoms with Gasteiger partial charge < -0.3 is 10.1 Å². The standard InChI is InChI=1S/C11H15NO2S/c1-3-15-10-6-4-9(5-7-10)12-8-11(13)14-2/h4-7,12H,3,8H2,1-2H3. The molecule has 0 heterocycles. The van der Waals surface area contributed by atoms with E-state index in [2.05, 4.69) is 17.0 Å². The third-order valence-corrected chi connectivity index (χ3v) is 2.72. The maximum atomic E-state index is 10.9. The maximum Gasteiger partial charge on any atom is 0.325 e. The number of rotatable bonds is 5. The monoisotopic (exact) mass is 225 g/mol. The van der Waals surface area contributed by atoms with Crippen LogP contribution in [0.5, 0.6) is 0 Å². The number of nitrogens with one attached hydrogen (secondary N) is 1. The molecule has 0 fully saturated rings. The molecule has 3 nitrogen and oxygen atoms in total. The first kappa shape index (κ1) is 11.9. The Bertz CT molecular complexity index is 311. The average molecular weight is 225 g/mol. The minimum Gasteiger partial charge on any atom is -0.468 e. The van der Waals surface area contributed by atoms with Gasteiger partial charge in [-0.05, 0) is 30.0 Å². The summed E-state index contributed by atoms with van der Waals surface area (Å²) in [5.74, 6) is 0.802. The van der Waals surface area contributed by atoms with Gasteiger partial charge in [-0.3, -0.25) is 4.79 Å². The molecule has 0 unspecified atom stereocenters. The summed E-state index contributed by atoms with van der Waals surface area (Å²) in [4.78, 5) is 12.1. The number of benzene rings is 1. The van der Waals surface area contributed by atoms with E-state index in [0.29, 0.717) is 0 Å². The highest BCUT2D eigenvalue weighted by Crippen LogP contribution is 2.19. The van der Waals surface area contributed by atoms with Crippen LogP contribution in [0, 0.1) is 0 Å². The van der Waals surface area contributed by atoms with Gasteiger partial charge in [0.2, 0.25) is 0 Å². The van der Waals surface area contributed by atoms with E-state index < -0.39 is 0 Å². The predicted molar refractivity (Wildman–Crippen MR) is 63.3 cm³/mol. The van der Waals surface area contributed by atoms with E-state index in [1.807, 2.05) is 24.3 Å². The molecule has 0 saturated heterocycles. The fourth-order valence-electron chi connectivity index (χ4n) is 1.08. The number of ether oxygens (including phenoxy) is 1. The summed E-state index contributed by atoms with van der Waals surface area (Å²) < 4.78 is 4.53.